The second kappa shape index (κ2) is 5.26. The molecular formula is C17H26O. The average Bonchev–Trinajstić information content (AvgIpc) is 2.13. The van der Waals surface area contributed by atoms with Gasteiger partial charge in [0.15, 0.2) is 0 Å². The molecule has 0 N–H and O–H groups in total. The molecule has 0 aliphatic rings. The van der Waals surface area contributed by atoms with E-state index >= 15 is 0 Å². The van der Waals surface area contributed by atoms with Crippen LogP contribution in [0.15, 0.2) is 24.3 Å². The van der Waals surface area contributed by atoms with E-state index in [2.05, 4.69) is 65.8 Å². The number of Topliss-reactive ketones (excluding diaryl/α,β-unsaturated/α-hetero) is 1. The molecule has 0 amide bonds. The first-order chi connectivity index (χ1) is 8.08. The number of hydrogen-bond donors (Lipinski definition) is 0. The third kappa shape index (κ3) is 5.03. The van der Waals surface area contributed by atoms with Gasteiger partial charge in [0.1, 0.15) is 5.78 Å². The molecule has 0 unspecified atom stereocenters. The first kappa shape index (κ1) is 14.9. The van der Waals surface area contributed by atoms with Crippen LogP contribution in [0, 0.1) is 5.41 Å². The lowest BCUT2D eigenvalue weighted by Crippen LogP contribution is -2.15. The Bertz CT molecular complexity index is 399. The van der Waals surface area contributed by atoms with E-state index in [1.807, 2.05) is 0 Å². The number of hydrogen-bond acceptors (Lipinski definition) is 1. The monoisotopic (exact) mass is 246 g/mol. The zero-order valence-electron chi connectivity index (χ0n) is 12.6. The van der Waals surface area contributed by atoms with Gasteiger partial charge in [-0.1, -0.05) is 65.8 Å². The summed E-state index contributed by atoms with van der Waals surface area (Å²) in [6.45, 7) is 12.9. The predicted octanol–water partition coefficient (Wildman–Crippen LogP) is 4.53. The van der Waals surface area contributed by atoms with Gasteiger partial charge < -0.3 is 0 Å². The Morgan fingerprint density at radius 3 is 1.83 bits per heavy atom. The molecule has 1 rings (SSSR count). The average molecular weight is 246 g/mol. The number of ketones is 1. The molecule has 0 fully saturated rings. The third-order valence-electron chi connectivity index (χ3n) is 2.95. The highest BCUT2D eigenvalue weighted by atomic mass is 16.1. The van der Waals surface area contributed by atoms with Crippen LogP contribution in [-0.4, -0.2) is 5.78 Å². The van der Waals surface area contributed by atoms with Gasteiger partial charge in [0.2, 0.25) is 0 Å². The Hall–Kier alpha value is -1.11. The summed E-state index contributed by atoms with van der Waals surface area (Å²) in [5, 5.41) is 0. The fourth-order valence-electron chi connectivity index (χ4n) is 2.00. The van der Waals surface area contributed by atoms with Crippen LogP contribution >= 0.6 is 0 Å². The first-order valence-corrected chi connectivity index (χ1v) is 6.69. The number of carbonyl (C=O) groups is 1. The van der Waals surface area contributed by atoms with Gasteiger partial charge in [-0.2, -0.15) is 0 Å². The second-order valence-electron chi connectivity index (χ2n) is 7.40. The van der Waals surface area contributed by atoms with Crippen LogP contribution in [0.5, 0.6) is 0 Å². The second-order valence-corrected chi connectivity index (χ2v) is 7.40. The highest BCUT2D eigenvalue weighted by Crippen LogP contribution is 2.23. The van der Waals surface area contributed by atoms with Gasteiger partial charge in [0.25, 0.3) is 0 Å². The Labute approximate surface area is 112 Å². The summed E-state index contributed by atoms with van der Waals surface area (Å²) in [6.07, 6.45) is 1.20. The lowest BCUT2D eigenvalue weighted by Gasteiger charge is -2.19. The largest absolute Gasteiger partial charge is 0.299 e. The SMILES string of the molecule is CC(C)(C)CC(=O)Cc1ccc(C(C)(C)C)cc1. The summed E-state index contributed by atoms with van der Waals surface area (Å²) >= 11 is 0. The molecule has 0 spiro atoms. The molecule has 1 aromatic carbocycles. The van der Waals surface area contributed by atoms with Crippen molar-refractivity contribution in [3.05, 3.63) is 35.4 Å². The molecule has 1 nitrogen and oxygen atoms in total. The zero-order valence-corrected chi connectivity index (χ0v) is 12.6. The van der Waals surface area contributed by atoms with E-state index in [4.69, 9.17) is 0 Å². The summed E-state index contributed by atoms with van der Waals surface area (Å²) in [7, 11) is 0. The van der Waals surface area contributed by atoms with Crippen LogP contribution in [0.4, 0.5) is 0 Å². The van der Waals surface area contributed by atoms with E-state index in [0.717, 1.165) is 5.56 Å². The van der Waals surface area contributed by atoms with Gasteiger partial charge >= 0.3 is 0 Å². The van der Waals surface area contributed by atoms with Crippen LogP contribution in [0.1, 0.15) is 59.1 Å². The lowest BCUT2D eigenvalue weighted by molar-refractivity contribution is -0.120. The molecule has 0 saturated carbocycles. The molecule has 0 radical (unpaired) electrons. The minimum Gasteiger partial charge on any atom is -0.299 e. The van der Waals surface area contributed by atoms with Crippen molar-refractivity contribution in [1.29, 1.82) is 0 Å². The quantitative estimate of drug-likeness (QED) is 0.765. The molecule has 0 atom stereocenters. The summed E-state index contributed by atoms with van der Waals surface area (Å²) < 4.78 is 0. The van der Waals surface area contributed by atoms with E-state index in [0.29, 0.717) is 18.6 Å². The maximum atomic E-state index is 11.9. The van der Waals surface area contributed by atoms with Gasteiger partial charge in [0, 0.05) is 12.8 Å². The molecular weight excluding hydrogens is 220 g/mol. The van der Waals surface area contributed by atoms with Crippen molar-refractivity contribution in [3.63, 3.8) is 0 Å². The van der Waals surface area contributed by atoms with Crippen LogP contribution in [-0.2, 0) is 16.6 Å². The smallest absolute Gasteiger partial charge is 0.137 e. The normalized spacial score (nSPS) is 12.6. The summed E-state index contributed by atoms with van der Waals surface area (Å²) in [5.74, 6) is 0.325. The van der Waals surface area contributed by atoms with Crippen molar-refractivity contribution in [3.8, 4) is 0 Å². The molecule has 0 aromatic heterocycles. The number of carbonyl (C=O) groups excluding carboxylic acids is 1. The van der Waals surface area contributed by atoms with E-state index in [9.17, 15) is 4.79 Å². The number of benzene rings is 1. The molecule has 1 aromatic rings. The lowest BCUT2D eigenvalue weighted by atomic mass is 9.85. The number of rotatable bonds is 3. The van der Waals surface area contributed by atoms with Crippen molar-refractivity contribution in [2.75, 3.05) is 0 Å². The van der Waals surface area contributed by atoms with E-state index < -0.39 is 0 Å². The van der Waals surface area contributed by atoms with Gasteiger partial charge in [-0.05, 0) is 22.0 Å². The van der Waals surface area contributed by atoms with Gasteiger partial charge in [0.05, 0.1) is 0 Å². The van der Waals surface area contributed by atoms with Crippen molar-refractivity contribution in [2.24, 2.45) is 5.41 Å². The third-order valence-corrected chi connectivity index (χ3v) is 2.95. The fourth-order valence-corrected chi connectivity index (χ4v) is 2.00. The molecule has 0 aliphatic carbocycles. The standard InChI is InChI=1S/C17H26O/c1-16(2,3)12-15(18)11-13-7-9-14(10-8-13)17(4,5)6/h7-10H,11-12H2,1-6H3. The van der Waals surface area contributed by atoms with Gasteiger partial charge in [-0.15, -0.1) is 0 Å². The maximum Gasteiger partial charge on any atom is 0.137 e. The van der Waals surface area contributed by atoms with Crippen LogP contribution < -0.4 is 0 Å². The highest BCUT2D eigenvalue weighted by molar-refractivity contribution is 5.81. The van der Waals surface area contributed by atoms with Crippen molar-refractivity contribution in [1.82, 2.24) is 0 Å². The molecule has 0 bridgehead atoms. The minimum atomic E-state index is 0.0857. The van der Waals surface area contributed by atoms with Gasteiger partial charge in [-0.25, -0.2) is 0 Å². The zero-order chi connectivity index (χ0) is 14.0. The Morgan fingerprint density at radius 1 is 0.944 bits per heavy atom. The predicted molar refractivity (Wildman–Crippen MR) is 77.9 cm³/mol. The fraction of sp³-hybridized carbons (Fsp3) is 0.588. The molecule has 1 heteroatoms. The minimum absolute atomic E-state index is 0.0857. The van der Waals surface area contributed by atoms with E-state index in [1.54, 1.807) is 0 Å². The van der Waals surface area contributed by atoms with E-state index in [1.165, 1.54) is 5.56 Å². The first-order valence-electron chi connectivity index (χ1n) is 6.69. The topological polar surface area (TPSA) is 17.1 Å². The Balaban J connectivity index is 2.67. The summed E-state index contributed by atoms with van der Waals surface area (Å²) in [6, 6.07) is 8.45. The van der Waals surface area contributed by atoms with Crippen molar-refractivity contribution in [2.45, 2.75) is 59.8 Å². The van der Waals surface area contributed by atoms with E-state index in [-0.39, 0.29) is 10.8 Å². The Morgan fingerprint density at radius 2 is 1.44 bits per heavy atom. The van der Waals surface area contributed by atoms with Gasteiger partial charge in [-0.3, -0.25) is 4.79 Å². The molecule has 0 aliphatic heterocycles. The van der Waals surface area contributed by atoms with Crippen LogP contribution in [0.2, 0.25) is 0 Å². The summed E-state index contributed by atoms with van der Waals surface area (Å²) in [4.78, 5) is 11.9. The van der Waals surface area contributed by atoms with Crippen LogP contribution in [0.25, 0.3) is 0 Å². The molecule has 0 saturated heterocycles. The molecule has 18 heavy (non-hydrogen) atoms. The molecule has 0 heterocycles. The van der Waals surface area contributed by atoms with Crippen LogP contribution in [0.3, 0.4) is 0 Å². The van der Waals surface area contributed by atoms with Crippen molar-refractivity contribution >= 4 is 5.78 Å². The van der Waals surface area contributed by atoms with Crippen molar-refractivity contribution < 1.29 is 4.79 Å². The maximum absolute atomic E-state index is 11.9. The molecule has 100 valence electrons. The Kier molecular flexibility index (Phi) is 4.37. The highest BCUT2D eigenvalue weighted by Gasteiger charge is 2.17. The summed E-state index contributed by atoms with van der Waals surface area (Å²) in [5.41, 5.74) is 2.70.